The minimum Gasteiger partial charge on any atom is -0.480 e. The van der Waals surface area contributed by atoms with E-state index in [0.29, 0.717) is 12.1 Å². The second-order valence-electron chi connectivity index (χ2n) is 5.57. The summed E-state index contributed by atoms with van der Waals surface area (Å²) in [6, 6.07) is 3.06. The topological polar surface area (TPSA) is 95.0 Å². The van der Waals surface area contributed by atoms with E-state index < -0.39 is 22.5 Å². The molecule has 0 unspecified atom stereocenters. The van der Waals surface area contributed by atoms with Crippen molar-refractivity contribution in [2.45, 2.75) is 24.2 Å². The lowest BCUT2D eigenvalue weighted by Crippen LogP contribution is -2.33. The zero-order valence-electron chi connectivity index (χ0n) is 12.1. The molecule has 118 valence electrons. The summed E-state index contributed by atoms with van der Waals surface area (Å²) in [7, 11) is -2.64. The van der Waals surface area contributed by atoms with Crippen LogP contribution in [0.3, 0.4) is 0 Å². The number of aliphatic carboxylic acids is 1. The number of sulfonamides is 1. The molecule has 0 atom stereocenters. The SMILES string of the molecule is CN(CC(=O)O)S(=O)(=O)c1cc2c3c(c1)CC(=O)N3CCC2. The standard InChI is InChI=1S/C14H16N2O5S/c1-15(8-13(18)19)22(20,21)11-5-9-3-2-4-16-12(17)7-10(6-11)14(9)16/h5-6H,2-4,7-8H2,1H3,(H,18,19). The number of amides is 1. The Balaban J connectivity index is 2.06. The van der Waals surface area contributed by atoms with Crippen LogP contribution < -0.4 is 4.90 Å². The van der Waals surface area contributed by atoms with Crippen LogP contribution in [0.4, 0.5) is 5.69 Å². The molecule has 22 heavy (non-hydrogen) atoms. The van der Waals surface area contributed by atoms with Crippen molar-refractivity contribution < 1.29 is 23.1 Å². The Morgan fingerprint density at radius 1 is 1.36 bits per heavy atom. The number of benzene rings is 1. The number of aryl methyl sites for hydroxylation is 1. The van der Waals surface area contributed by atoms with E-state index in [4.69, 9.17) is 5.11 Å². The van der Waals surface area contributed by atoms with Crippen LogP contribution in [0, 0.1) is 0 Å². The van der Waals surface area contributed by atoms with Gasteiger partial charge in [-0.1, -0.05) is 0 Å². The van der Waals surface area contributed by atoms with Gasteiger partial charge in [-0.15, -0.1) is 0 Å². The van der Waals surface area contributed by atoms with Gasteiger partial charge in [0, 0.05) is 13.6 Å². The fourth-order valence-electron chi connectivity index (χ4n) is 3.05. The van der Waals surface area contributed by atoms with E-state index in [1.807, 2.05) is 0 Å². The molecule has 0 bridgehead atoms. The van der Waals surface area contributed by atoms with Gasteiger partial charge in [0.25, 0.3) is 0 Å². The summed E-state index contributed by atoms with van der Waals surface area (Å²) in [6.07, 6.45) is 1.72. The van der Waals surface area contributed by atoms with Gasteiger partial charge in [0.05, 0.1) is 17.0 Å². The van der Waals surface area contributed by atoms with Crippen LogP contribution in [-0.4, -0.2) is 49.8 Å². The van der Waals surface area contributed by atoms with Crippen molar-refractivity contribution in [1.29, 1.82) is 0 Å². The number of carboxylic acids is 1. The highest BCUT2D eigenvalue weighted by Crippen LogP contribution is 2.38. The van der Waals surface area contributed by atoms with Gasteiger partial charge in [-0.3, -0.25) is 9.59 Å². The summed E-state index contributed by atoms with van der Waals surface area (Å²) in [6.45, 7) is 0.0731. The first-order valence-electron chi connectivity index (χ1n) is 6.95. The van der Waals surface area contributed by atoms with E-state index in [1.165, 1.54) is 13.1 Å². The van der Waals surface area contributed by atoms with Gasteiger partial charge >= 0.3 is 5.97 Å². The molecule has 3 rings (SSSR count). The predicted octanol–water partition coefficient (Wildman–Crippen LogP) is 0.227. The van der Waals surface area contributed by atoms with E-state index >= 15 is 0 Å². The second kappa shape index (κ2) is 5.06. The molecule has 1 amide bonds. The maximum absolute atomic E-state index is 12.5. The van der Waals surface area contributed by atoms with E-state index in [0.717, 1.165) is 28.4 Å². The first kappa shape index (κ1) is 15.0. The third kappa shape index (κ3) is 2.28. The molecule has 2 aliphatic heterocycles. The number of carbonyl (C=O) groups is 2. The molecule has 0 spiro atoms. The number of nitrogens with zero attached hydrogens (tertiary/aromatic N) is 2. The minimum atomic E-state index is -3.88. The summed E-state index contributed by atoms with van der Waals surface area (Å²) in [4.78, 5) is 24.5. The fraction of sp³-hybridized carbons (Fsp3) is 0.429. The first-order valence-corrected chi connectivity index (χ1v) is 8.39. The molecule has 2 aliphatic rings. The van der Waals surface area contributed by atoms with Crippen molar-refractivity contribution in [1.82, 2.24) is 4.31 Å². The van der Waals surface area contributed by atoms with Gasteiger partial charge in [0.15, 0.2) is 0 Å². The molecule has 0 aromatic heterocycles. The monoisotopic (exact) mass is 324 g/mol. The molecule has 1 N–H and O–H groups in total. The van der Waals surface area contributed by atoms with Crippen LogP contribution in [0.1, 0.15) is 17.5 Å². The average molecular weight is 324 g/mol. The second-order valence-corrected chi connectivity index (χ2v) is 7.62. The largest absolute Gasteiger partial charge is 0.480 e. The predicted molar refractivity (Wildman–Crippen MR) is 78.3 cm³/mol. The Labute approximate surface area is 128 Å². The van der Waals surface area contributed by atoms with Crippen LogP contribution in [-0.2, 0) is 32.5 Å². The lowest BCUT2D eigenvalue weighted by Gasteiger charge is -2.26. The maximum Gasteiger partial charge on any atom is 0.318 e. The highest BCUT2D eigenvalue weighted by Gasteiger charge is 2.34. The van der Waals surface area contributed by atoms with Gasteiger partial charge in [0.2, 0.25) is 15.9 Å². The average Bonchev–Trinajstić information content (AvgIpc) is 2.76. The first-order chi connectivity index (χ1) is 10.3. The van der Waals surface area contributed by atoms with E-state index in [2.05, 4.69) is 0 Å². The number of likely N-dealkylation sites (N-methyl/N-ethyl adjacent to an activating group) is 1. The minimum absolute atomic E-state index is 0.00983. The van der Waals surface area contributed by atoms with E-state index in [9.17, 15) is 18.0 Å². The zero-order chi connectivity index (χ0) is 16.1. The van der Waals surface area contributed by atoms with Crippen molar-refractivity contribution in [3.05, 3.63) is 23.3 Å². The molecule has 8 heteroatoms. The molecular weight excluding hydrogens is 308 g/mol. The Morgan fingerprint density at radius 3 is 2.73 bits per heavy atom. The Hall–Kier alpha value is -1.93. The number of anilines is 1. The zero-order valence-corrected chi connectivity index (χ0v) is 12.9. The molecule has 7 nitrogen and oxygen atoms in total. The van der Waals surface area contributed by atoms with Gasteiger partial charge in [0.1, 0.15) is 6.54 Å². The van der Waals surface area contributed by atoms with Gasteiger partial charge < -0.3 is 10.0 Å². The third-order valence-electron chi connectivity index (χ3n) is 4.05. The molecule has 0 saturated carbocycles. The maximum atomic E-state index is 12.5. The summed E-state index contributed by atoms with van der Waals surface area (Å²) >= 11 is 0. The molecule has 1 aromatic rings. The van der Waals surface area contributed by atoms with Gasteiger partial charge in [-0.25, -0.2) is 8.42 Å². The lowest BCUT2D eigenvalue weighted by molar-refractivity contribution is -0.137. The fourth-order valence-corrected chi connectivity index (χ4v) is 4.27. The highest BCUT2D eigenvalue weighted by molar-refractivity contribution is 7.89. The number of carbonyl (C=O) groups excluding carboxylic acids is 1. The van der Waals surface area contributed by atoms with Gasteiger partial charge in [-0.2, -0.15) is 4.31 Å². The third-order valence-corrected chi connectivity index (χ3v) is 5.83. The van der Waals surface area contributed by atoms with Crippen LogP contribution in [0.15, 0.2) is 17.0 Å². The van der Waals surface area contributed by atoms with Crippen LogP contribution >= 0.6 is 0 Å². The van der Waals surface area contributed by atoms with E-state index in [1.54, 1.807) is 11.0 Å². The van der Waals surface area contributed by atoms with Crippen LogP contribution in [0.5, 0.6) is 0 Å². The molecule has 0 aliphatic carbocycles. The number of hydrogen-bond donors (Lipinski definition) is 1. The van der Waals surface area contributed by atoms with Gasteiger partial charge in [-0.05, 0) is 36.1 Å². The Bertz CT molecular complexity index is 772. The van der Waals surface area contributed by atoms with Crippen molar-refractivity contribution in [2.24, 2.45) is 0 Å². The molecule has 0 radical (unpaired) electrons. The highest BCUT2D eigenvalue weighted by atomic mass is 32.2. The van der Waals surface area contributed by atoms with Crippen LogP contribution in [0.2, 0.25) is 0 Å². The summed E-state index contributed by atoms with van der Waals surface area (Å²) in [5.74, 6) is -1.22. The normalized spacial score (nSPS) is 17.0. The molecule has 2 heterocycles. The molecule has 1 aromatic carbocycles. The molecular formula is C14H16N2O5S. The van der Waals surface area contributed by atoms with Crippen molar-refractivity contribution in [3.8, 4) is 0 Å². The van der Waals surface area contributed by atoms with Crippen molar-refractivity contribution in [2.75, 3.05) is 25.0 Å². The summed E-state index contributed by atoms with van der Waals surface area (Å²) < 4.78 is 25.8. The van der Waals surface area contributed by atoms with Crippen molar-refractivity contribution >= 4 is 27.6 Å². The van der Waals surface area contributed by atoms with Crippen LogP contribution in [0.25, 0.3) is 0 Å². The Kier molecular flexibility index (Phi) is 3.45. The lowest BCUT2D eigenvalue weighted by atomic mass is 10.0. The van der Waals surface area contributed by atoms with Crippen molar-refractivity contribution in [3.63, 3.8) is 0 Å². The number of hydrogen-bond acceptors (Lipinski definition) is 4. The summed E-state index contributed by atoms with van der Waals surface area (Å²) in [5, 5.41) is 8.77. The molecule has 0 saturated heterocycles. The number of carboxylic acid groups (broad SMARTS) is 1. The molecule has 0 fully saturated rings. The van der Waals surface area contributed by atoms with E-state index in [-0.39, 0.29) is 17.2 Å². The summed E-state index contributed by atoms with van der Waals surface area (Å²) in [5.41, 5.74) is 2.40. The smallest absolute Gasteiger partial charge is 0.318 e. The quantitative estimate of drug-likeness (QED) is 0.855. The number of rotatable bonds is 4. The Morgan fingerprint density at radius 2 is 2.05 bits per heavy atom.